The highest BCUT2D eigenvalue weighted by Gasteiger charge is 2.23. The van der Waals surface area contributed by atoms with Crippen LogP contribution >= 0.6 is 11.3 Å². The molecule has 4 aromatic rings. The van der Waals surface area contributed by atoms with E-state index in [9.17, 15) is 8.78 Å². The maximum absolute atomic E-state index is 14.2. The number of aryl methyl sites for hydroxylation is 2. The van der Waals surface area contributed by atoms with Gasteiger partial charge in [-0.05, 0) is 42.5 Å². The summed E-state index contributed by atoms with van der Waals surface area (Å²) < 4.78 is 27.5. The number of aromatic nitrogens is 2. The highest BCUT2D eigenvalue weighted by Crippen LogP contribution is 2.40. The van der Waals surface area contributed by atoms with E-state index >= 15 is 0 Å². The second-order valence-electron chi connectivity index (χ2n) is 6.94. The van der Waals surface area contributed by atoms with Crippen molar-refractivity contribution in [2.24, 2.45) is 0 Å². The number of halogens is 2. The molecular weight excluding hydrogens is 376 g/mol. The third-order valence-corrected chi connectivity index (χ3v) is 6.19. The Balaban J connectivity index is 1.62. The molecule has 0 saturated heterocycles. The number of nitrogens with one attached hydrogen (secondary N) is 1. The molecule has 0 radical (unpaired) electrons. The Hall–Kier alpha value is -2.86. The van der Waals surface area contributed by atoms with Crippen LogP contribution in [0.2, 0.25) is 0 Å². The summed E-state index contributed by atoms with van der Waals surface area (Å²) in [4.78, 5) is 11.8. The molecular formula is C22H17F2N3S. The number of hydrogen-bond acceptors (Lipinski definition) is 4. The Bertz CT molecular complexity index is 1170. The fourth-order valence-electron chi connectivity index (χ4n) is 3.71. The molecule has 0 saturated carbocycles. The van der Waals surface area contributed by atoms with Gasteiger partial charge in [0.25, 0.3) is 0 Å². The van der Waals surface area contributed by atoms with Gasteiger partial charge in [0, 0.05) is 17.4 Å². The van der Waals surface area contributed by atoms with Gasteiger partial charge in [0.2, 0.25) is 0 Å². The molecule has 0 atom stereocenters. The molecule has 140 valence electrons. The maximum Gasteiger partial charge on any atom is 0.149 e. The van der Waals surface area contributed by atoms with E-state index in [1.807, 2.05) is 30.3 Å². The van der Waals surface area contributed by atoms with Crippen LogP contribution in [0.25, 0.3) is 10.2 Å². The molecule has 28 heavy (non-hydrogen) atoms. The predicted molar refractivity (Wildman–Crippen MR) is 108 cm³/mol. The SMILES string of the molecule is Fc1ccc(Nc2nc(Cc3ccccc3)nc3sc4c(c23)CCC4)c(F)c1. The number of hydrogen-bond donors (Lipinski definition) is 1. The minimum absolute atomic E-state index is 0.213. The molecule has 0 bridgehead atoms. The maximum atomic E-state index is 14.2. The predicted octanol–water partition coefficient (Wildman–Crippen LogP) is 5.79. The van der Waals surface area contributed by atoms with E-state index in [0.29, 0.717) is 18.1 Å². The van der Waals surface area contributed by atoms with Crippen molar-refractivity contribution in [3.05, 3.63) is 82.0 Å². The van der Waals surface area contributed by atoms with Gasteiger partial charge >= 0.3 is 0 Å². The van der Waals surface area contributed by atoms with Crippen LogP contribution in [-0.4, -0.2) is 9.97 Å². The Morgan fingerprint density at radius 2 is 1.86 bits per heavy atom. The average Bonchev–Trinajstić information content (AvgIpc) is 3.25. The first-order chi connectivity index (χ1) is 13.7. The van der Waals surface area contributed by atoms with Gasteiger partial charge in [-0.15, -0.1) is 11.3 Å². The van der Waals surface area contributed by atoms with E-state index in [4.69, 9.17) is 9.97 Å². The quantitative estimate of drug-likeness (QED) is 0.477. The van der Waals surface area contributed by atoms with E-state index in [1.165, 1.54) is 22.6 Å². The van der Waals surface area contributed by atoms with Crippen molar-refractivity contribution in [3.8, 4) is 0 Å². The van der Waals surface area contributed by atoms with Gasteiger partial charge in [-0.1, -0.05) is 30.3 Å². The smallest absolute Gasteiger partial charge is 0.149 e. The van der Waals surface area contributed by atoms with E-state index < -0.39 is 11.6 Å². The Labute approximate surface area is 165 Å². The van der Waals surface area contributed by atoms with Crippen molar-refractivity contribution < 1.29 is 8.78 Å². The standard InChI is InChI=1S/C22H17F2N3S/c23-14-9-10-17(16(24)12-14)25-21-20-15-7-4-8-18(15)28-22(20)27-19(26-21)11-13-5-2-1-3-6-13/h1-3,5-6,9-10,12H,4,7-8,11H2,(H,25,26,27). The minimum atomic E-state index is -0.636. The molecule has 1 N–H and O–H groups in total. The van der Waals surface area contributed by atoms with Crippen LogP contribution in [0.15, 0.2) is 48.5 Å². The van der Waals surface area contributed by atoms with E-state index in [1.54, 1.807) is 11.3 Å². The van der Waals surface area contributed by atoms with E-state index in [2.05, 4.69) is 5.32 Å². The fraction of sp³-hybridized carbons (Fsp3) is 0.182. The van der Waals surface area contributed by atoms with Crippen molar-refractivity contribution >= 4 is 33.1 Å². The van der Waals surface area contributed by atoms with Gasteiger partial charge in [0.05, 0.1) is 11.1 Å². The second kappa shape index (κ2) is 6.95. The van der Waals surface area contributed by atoms with Crippen LogP contribution in [-0.2, 0) is 19.3 Å². The lowest BCUT2D eigenvalue weighted by Gasteiger charge is -2.11. The lowest BCUT2D eigenvalue weighted by Crippen LogP contribution is -2.03. The molecule has 2 aromatic carbocycles. The molecule has 3 nitrogen and oxygen atoms in total. The third-order valence-electron chi connectivity index (χ3n) is 5.00. The number of nitrogens with zero attached hydrogens (tertiary/aromatic N) is 2. The molecule has 0 aliphatic heterocycles. The number of thiophene rings is 1. The summed E-state index contributed by atoms with van der Waals surface area (Å²) >= 11 is 1.70. The summed E-state index contributed by atoms with van der Waals surface area (Å²) in [6.07, 6.45) is 3.75. The van der Waals surface area contributed by atoms with Crippen LogP contribution in [0.4, 0.5) is 20.3 Å². The highest BCUT2D eigenvalue weighted by atomic mass is 32.1. The van der Waals surface area contributed by atoms with Crippen LogP contribution in [0.3, 0.4) is 0 Å². The van der Waals surface area contributed by atoms with Gasteiger partial charge in [-0.3, -0.25) is 0 Å². The lowest BCUT2D eigenvalue weighted by molar-refractivity contribution is 0.586. The fourth-order valence-corrected chi connectivity index (χ4v) is 4.99. The van der Waals surface area contributed by atoms with Gasteiger partial charge in [-0.2, -0.15) is 0 Å². The number of fused-ring (bicyclic) bond motifs is 3. The van der Waals surface area contributed by atoms with E-state index in [0.717, 1.165) is 41.1 Å². The zero-order chi connectivity index (χ0) is 19.1. The summed E-state index contributed by atoms with van der Waals surface area (Å²) in [5, 5.41) is 4.07. The Morgan fingerprint density at radius 3 is 2.68 bits per heavy atom. The monoisotopic (exact) mass is 393 g/mol. The average molecular weight is 393 g/mol. The first-order valence-electron chi connectivity index (χ1n) is 9.24. The van der Waals surface area contributed by atoms with Crippen LogP contribution < -0.4 is 5.32 Å². The molecule has 0 amide bonds. The van der Waals surface area contributed by atoms with Crippen molar-refractivity contribution in [1.29, 1.82) is 0 Å². The zero-order valence-electron chi connectivity index (χ0n) is 15.0. The van der Waals surface area contributed by atoms with Gasteiger partial charge < -0.3 is 5.32 Å². The summed E-state index contributed by atoms with van der Waals surface area (Å²) in [6.45, 7) is 0. The molecule has 0 unspecified atom stereocenters. The van der Waals surface area contributed by atoms with Crippen molar-refractivity contribution in [1.82, 2.24) is 9.97 Å². The molecule has 0 fully saturated rings. The van der Waals surface area contributed by atoms with Crippen LogP contribution in [0, 0.1) is 11.6 Å². The number of anilines is 2. The van der Waals surface area contributed by atoms with Crippen molar-refractivity contribution in [3.63, 3.8) is 0 Å². The van der Waals surface area contributed by atoms with Crippen LogP contribution in [0.5, 0.6) is 0 Å². The zero-order valence-corrected chi connectivity index (χ0v) is 15.8. The molecule has 2 aromatic heterocycles. The molecule has 2 heterocycles. The van der Waals surface area contributed by atoms with Gasteiger partial charge in [0.1, 0.15) is 28.1 Å². The summed E-state index contributed by atoms with van der Waals surface area (Å²) in [6, 6.07) is 13.5. The molecule has 1 aliphatic rings. The van der Waals surface area contributed by atoms with Gasteiger partial charge in [0.15, 0.2) is 0 Å². The topological polar surface area (TPSA) is 37.8 Å². The second-order valence-corrected chi connectivity index (χ2v) is 8.02. The molecule has 5 rings (SSSR count). The molecule has 1 aliphatic carbocycles. The normalized spacial score (nSPS) is 13.1. The minimum Gasteiger partial charge on any atom is -0.337 e. The molecule has 0 spiro atoms. The first kappa shape index (κ1) is 17.3. The first-order valence-corrected chi connectivity index (χ1v) is 10.1. The highest BCUT2D eigenvalue weighted by molar-refractivity contribution is 7.19. The lowest BCUT2D eigenvalue weighted by atomic mass is 10.1. The molecule has 6 heteroatoms. The van der Waals surface area contributed by atoms with Crippen LogP contribution in [0.1, 0.15) is 28.2 Å². The Kier molecular flexibility index (Phi) is 4.28. The van der Waals surface area contributed by atoms with Crippen molar-refractivity contribution in [2.45, 2.75) is 25.7 Å². The number of rotatable bonds is 4. The van der Waals surface area contributed by atoms with E-state index in [-0.39, 0.29) is 5.69 Å². The summed E-state index contributed by atoms with van der Waals surface area (Å²) in [7, 11) is 0. The number of benzene rings is 2. The van der Waals surface area contributed by atoms with Crippen molar-refractivity contribution in [2.75, 3.05) is 5.32 Å². The van der Waals surface area contributed by atoms with Gasteiger partial charge in [-0.25, -0.2) is 18.7 Å². The third kappa shape index (κ3) is 3.14. The summed E-state index contributed by atoms with van der Waals surface area (Å²) in [5.41, 5.74) is 2.59. The Morgan fingerprint density at radius 1 is 1.00 bits per heavy atom. The summed E-state index contributed by atoms with van der Waals surface area (Å²) in [5.74, 6) is 0.0461. The largest absolute Gasteiger partial charge is 0.337 e.